The van der Waals surface area contributed by atoms with Gasteiger partial charge in [-0.25, -0.2) is 13.1 Å². The minimum Gasteiger partial charge on any atom is -0.506 e. The molecule has 0 saturated carbocycles. The van der Waals surface area contributed by atoms with Crippen LogP contribution >= 0.6 is 34.8 Å². The number of amides is 2. The quantitative estimate of drug-likeness (QED) is 0.262. The van der Waals surface area contributed by atoms with Crippen LogP contribution in [0.4, 0.5) is 11.4 Å². The second-order valence-corrected chi connectivity index (χ2v) is 10.9. The van der Waals surface area contributed by atoms with E-state index in [1.807, 2.05) is 0 Å². The molecule has 0 saturated heterocycles. The summed E-state index contributed by atoms with van der Waals surface area (Å²) in [6.07, 6.45) is -0.198. The van der Waals surface area contributed by atoms with Crippen molar-refractivity contribution >= 4 is 68.0 Å². The lowest BCUT2D eigenvalue weighted by atomic mass is 10.1. The van der Waals surface area contributed by atoms with Gasteiger partial charge in [-0.2, -0.15) is 0 Å². The standard InChI is InChI=1S/C24H22Cl3N3O5S/c1-13(30-36(34,35)16-6-4-3-5-7-16)8-23(32)28-20-12-22(31)21(11-19(20)27)29-24(33)15-9-17(25)14(2)18(26)10-15/h3-7,9-13,30-31H,8H2,1-2H3,(H,28,32)(H,29,33). The van der Waals surface area contributed by atoms with Crippen molar-refractivity contribution in [2.75, 3.05) is 10.6 Å². The Morgan fingerprint density at radius 2 is 1.53 bits per heavy atom. The van der Waals surface area contributed by atoms with E-state index < -0.39 is 27.9 Å². The zero-order valence-corrected chi connectivity index (χ0v) is 22.2. The van der Waals surface area contributed by atoms with E-state index in [4.69, 9.17) is 34.8 Å². The molecule has 4 N–H and O–H groups in total. The fourth-order valence-electron chi connectivity index (χ4n) is 3.18. The van der Waals surface area contributed by atoms with Crippen molar-refractivity contribution in [3.63, 3.8) is 0 Å². The van der Waals surface area contributed by atoms with Gasteiger partial charge in [0.2, 0.25) is 15.9 Å². The first-order valence-corrected chi connectivity index (χ1v) is 13.2. The summed E-state index contributed by atoms with van der Waals surface area (Å²) in [5.41, 5.74) is 0.884. The number of hydrogen-bond donors (Lipinski definition) is 4. The first-order valence-electron chi connectivity index (χ1n) is 10.5. The number of nitrogens with one attached hydrogen (secondary N) is 3. The number of aromatic hydroxyl groups is 1. The van der Waals surface area contributed by atoms with E-state index in [0.29, 0.717) is 15.6 Å². The number of anilines is 2. The van der Waals surface area contributed by atoms with Gasteiger partial charge >= 0.3 is 0 Å². The largest absolute Gasteiger partial charge is 0.506 e. The fourth-order valence-corrected chi connectivity index (χ4v) is 5.14. The third-order valence-electron chi connectivity index (χ3n) is 5.05. The Bertz CT molecular complexity index is 1390. The van der Waals surface area contributed by atoms with Gasteiger partial charge in [0.1, 0.15) is 5.75 Å². The number of phenolic OH excluding ortho intramolecular Hbond substituents is 1. The molecular weight excluding hydrogens is 549 g/mol. The molecule has 1 atom stereocenters. The molecule has 0 aliphatic rings. The van der Waals surface area contributed by atoms with Crippen LogP contribution in [0.25, 0.3) is 0 Å². The van der Waals surface area contributed by atoms with Crippen LogP contribution in [0.5, 0.6) is 5.75 Å². The van der Waals surface area contributed by atoms with Gasteiger partial charge in [-0.1, -0.05) is 53.0 Å². The molecule has 0 bridgehead atoms. The summed E-state index contributed by atoms with van der Waals surface area (Å²) in [7, 11) is -3.79. The third-order valence-corrected chi connectivity index (χ3v) is 7.76. The highest BCUT2D eigenvalue weighted by atomic mass is 35.5. The van der Waals surface area contributed by atoms with Crippen molar-refractivity contribution in [3.05, 3.63) is 80.8 Å². The maximum absolute atomic E-state index is 12.6. The van der Waals surface area contributed by atoms with Gasteiger partial charge in [-0.05, 0) is 49.7 Å². The lowest BCUT2D eigenvalue weighted by Gasteiger charge is -2.16. The van der Waals surface area contributed by atoms with Gasteiger partial charge in [0.15, 0.2) is 0 Å². The molecule has 3 rings (SSSR count). The Balaban J connectivity index is 1.66. The Morgan fingerprint density at radius 3 is 2.14 bits per heavy atom. The summed E-state index contributed by atoms with van der Waals surface area (Å²) in [5.74, 6) is -1.48. The molecular formula is C24H22Cl3N3O5S. The number of hydrogen-bond acceptors (Lipinski definition) is 5. The van der Waals surface area contributed by atoms with Crippen molar-refractivity contribution in [3.8, 4) is 5.75 Å². The Hall–Kier alpha value is -2.82. The van der Waals surface area contributed by atoms with Crippen LogP contribution in [0.2, 0.25) is 15.1 Å². The van der Waals surface area contributed by atoms with E-state index >= 15 is 0 Å². The maximum atomic E-state index is 12.6. The minimum atomic E-state index is -3.79. The molecule has 0 fully saturated rings. The highest BCUT2D eigenvalue weighted by Gasteiger charge is 2.20. The smallest absolute Gasteiger partial charge is 0.255 e. The number of carbonyl (C=O) groups is 2. The van der Waals surface area contributed by atoms with Crippen molar-refractivity contribution in [2.24, 2.45) is 0 Å². The van der Waals surface area contributed by atoms with Crippen molar-refractivity contribution in [1.29, 1.82) is 0 Å². The van der Waals surface area contributed by atoms with Crippen molar-refractivity contribution in [1.82, 2.24) is 4.72 Å². The van der Waals surface area contributed by atoms with Crippen LogP contribution in [0.1, 0.15) is 29.3 Å². The number of benzene rings is 3. The van der Waals surface area contributed by atoms with E-state index in [2.05, 4.69) is 15.4 Å². The third kappa shape index (κ3) is 6.89. The molecule has 0 radical (unpaired) electrons. The van der Waals surface area contributed by atoms with E-state index in [1.165, 1.54) is 36.4 Å². The zero-order valence-electron chi connectivity index (χ0n) is 19.1. The predicted octanol–water partition coefficient (Wildman–Crippen LogP) is 5.61. The second-order valence-electron chi connectivity index (χ2n) is 7.96. The Morgan fingerprint density at radius 1 is 0.917 bits per heavy atom. The molecule has 8 nitrogen and oxygen atoms in total. The molecule has 0 heterocycles. The van der Waals surface area contributed by atoms with Gasteiger partial charge in [0.25, 0.3) is 5.91 Å². The van der Waals surface area contributed by atoms with Crippen LogP contribution in [0.15, 0.2) is 59.5 Å². The molecule has 3 aromatic rings. The van der Waals surface area contributed by atoms with Crippen LogP contribution in [-0.4, -0.2) is 31.4 Å². The zero-order chi connectivity index (χ0) is 26.6. The fraction of sp³-hybridized carbons (Fsp3) is 0.167. The number of carbonyl (C=O) groups excluding carboxylic acids is 2. The Kier molecular flexibility index (Phi) is 8.86. The normalized spacial score (nSPS) is 12.1. The summed E-state index contributed by atoms with van der Waals surface area (Å²) in [6, 6.07) is 12.4. The van der Waals surface area contributed by atoms with Gasteiger partial charge < -0.3 is 15.7 Å². The molecule has 2 amide bonds. The van der Waals surface area contributed by atoms with Crippen LogP contribution < -0.4 is 15.4 Å². The molecule has 3 aromatic carbocycles. The van der Waals surface area contributed by atoms with E-state index in [-0.39, 0.29) is 39.0 Å². The summed E-state index contributed by atoms with van der Waals surface area (Å²) >= 11 is 18.4. The van der Waals surface area contributed by atoms with Gasteiger partial charge in [-0.15, -0.1) is 0 Å². The van der Waals surface area contributed by atoms with E-state index in [9.17, 15) is 23.1 Å². The molecule has 0 aromatic heterocycles. The molecule has 190 valence electrons. The molecule has 12 heteroatoms. The lowest BCUT2D eigenvalue weighted by molar-refractivity contribution is -0.116. The van der Waals surface area contributed by atoms with Gasteiger partial charge in [-0.3, -0.25) is 9.59 Å². The molecule has 0 spiro atoms. The topological polar surface area (TPSA) is 125 Å². The minimum absolute atomic E-state index is 0.000178. The summed E-state index contributed by atoms with van der Waals surface area (Å²) < 4.78 is 27.3. The lowest BCUT2D eigenvalue weighted by Crippen LogP contribution is -2.35. The average molecular weight is 571 g/mol. The first-order chi connectivity index (χ1) is 16.9. The molecule has 0 aliphatic heterocycles. The van der Waals surface area contributed by atoms with E-state index in [0.717, 1.165) is 0 Å². The van der Waals surface area contributed by atoms with Gasteiger partial charge in [0.05, 0.1) is 21.3 Å². The average Bonchev–Trinajstić information content (AvgIpc) is 2.80. The highest BCUT2D eigenvalue weighted by Crippen LogP contribution is 2.34. The van der Waals surface area contributed by atoms with Crippen LogP contribution in [0.3, 0.4) is 0 Å². The van der Waals surface area contributed by atoms with Gasteiger partial charge in [0, 0.05) is 34.1 Å². The van der Waals surface area contributed by atoms with E-state index in [1.54, 1.807) is 32.0 Å². The number of phenols is 1. The second kappa shape index (κ2) is 11.5. The predicted molar refractivity (Wildman–Crippen MR) is 142 cm³/mol. The number of sulfonamides is 1. The SMILES string of the molecule is Cc1c(Cl)cc(C(=O)Nc2cc(Cl)c(NC(=O)CC(C)NS(=O)(=O)c3ccccc3)cc2O)cc1Cl. The first kappa shape index (κ1) is 27.8. The Labute approximate surface area is 223 Å². The summed E-state index contributed by atoms with van der Waals surface area (Å²) in [4.78, 5) is 25.1. The number of rotatable bonds is 8. The molecule has 0 aliphatic carbocycles. The van der Waals surface area contributed by atoms with Crippen molar-refractivity contribution in [2.45, 2.75) is 31.2 Å². The summed E-state index contributed by atoms with van der Waals surface area (Å²) in [6.45, 7) is 3.26. The molecule has 1 unspecified atom stereocenters. The highest BCUT2D eigenvalue weighted by molar-refractivity contribution is 7.89. The monoisotopic (exact) mass is 569 g/mol. The van der Waals surface area contributed by atoms with Crippen LogP contribution in [0, 0.1) is 6.92 Å². The maximum Gasteiger partial charge on any atom is 0.255 e. The van der Waals surface area contributed by atoms with Crippen LogP contribution in [-0.2, 0) is 14.8 Å². The molecule has 36 heavy (non-hydrogen) atoms. The van der Waals surface area contributed by atoms with Crippen molar-refractivity contribution < 1.29 is 23.1 Å². The number of halogens is 3. The summed E-state index contributed by atoms with van der Waals surface area (Å²) in [5, 5.41) is 16.1.